The summed E-state index contributed by atoms with van der Waals surface area (Å²) < 4.78 is 8.17. The molecule has 19 heavy (non-hydrogen) atoms. The van der Waals surface area contributed by atoms with Gasteiger partial charge in [-0.15, -0.1) is 0 Å². The van der Waals surface area contributed by atoms with Crippen LogP contribution < -0.4 is 0 Å². The number of nitrogens with zero attached hydrogens (tertiary/aromatic N) is 2. The molecule has 0 bridgehead atoms. The summed E-state index contributed by atoms with van der Waals surface area (Å²) in [7, 11) is -2.83. The van der Waals surface area contributed by atoms with Gasteiger partial charge < -0.3 is 4.00 Å². The van der Waals surface area contributed by atoms with Crippen molar-refractivity contribution in [2.45, 2.75) is 85.1 Å². The average molecular weight is 385 g/mol. The van der Waals surface area contributed by atoms with Gasteiger partial charge in [0.25, 0.3) is 0 Å². The van der Waals surface area contributed by atoms with Gasteiger partial charge >= 0.3 is 0 Å². The molecule has 116 valence electrons. The number of halogens is 1. The number of hydrogen-bond acceptors (Lipinski definition) is 1. The molecular formula is C13H34BrN2PSi2. The first-order valence-electron chi connectivity index (χ1n) is 7.15. The van der Waals surface area contributed by atoms with Crippen LogP contribution in [0.2, 0.25) is 39.3 Å². The number of rotatable bonds is 4. The fraction of sp³-hybridized carbons (Fsp3) is 1.00. The second kappa shape index (κ2) is 6.07. The van der Waals surface area contributed by atoms with Gasteiger partial charge in [0.05, 0.1) is 11.4 Å². The molecule has 0 aromatic heterocycles. The van der Waals surface area contributed by atoms with Crippen LogP contribution in [0.1, 0.15) is 34.6 Å². The Hall–Kier alpha value is 1.10. The third kappa shape index (κ3) is 5.78. The maximum Gasteiger partial charge on any atom is 0.118 e. The van der Waals surface area contributed by atoms with Crippen molar-refractivity contribution in [2.75, 3.05) is 0 Å². The molecule has 0 radical (unpaired) electrons. The fourth-order valence-corrected chi connectivity index (χ4v) is 30.7. The Kier molecular flexibility index (Phi) is 6.43. The van der Waals surface area contributed by atoms with Crippen molar-refractivity contribution in [3.8, 4) is 0 Å². The summed E-state index contributed by atoms with van der Waals surface area (Å²) in [4.78, 5) is 0. The second-order valence-corrected chi connectivity index (χ2v) is 25.3. The van der Waals surface area contributed by atoms with Crippen molar-refractivity contribution in [3.05, 3.63) is 0 Å². The van der Waals surface area contributed by atoms with E-state index in [1.165, 1.54) is 0 Å². The van der Waals surface area contributed by atoms with E-state index in [4.69, 9.17) is 4.74 Å². The fourth-order valence-electron chi connectivity index (χ4n) is 2.66. The van der Waals surface area contributed by atoms with Gasteiger partial charge in [0.2, 0.25) is 0 Å². The van der Waals surface area contributed by atoms with E-state index in [-0.39, 0.29) is 5.54 Å². The summed E-state index contributed by atoms with van der Waals surface area (Å²) in [5, 5.41) is 0. The minimum atomic E-state index is -1.62. The van der Waals surface area contributed by atoms with Crippen molar-refractivity contribution in [3.63, 3.8) is 0 Å². The van der Waals surface area contributed by atoms with Crippen LogP contribution in [0, 0.1) is 0 Å². The predicted octanol–water partition coefficient (Wildman–Crippen LogP) is 6.59. The maximum atomic E-state index is 5.30. The van der Waals surface area contributed by atoms with Gasteiger partial charge in [0, 0.05) is 5.66 Å². The Morgan fingerprint density at radius 3 is 1.42 bits per heavy atom. The van der Waals surface area contributed by atoms with Crippen LogP contribution in [0.5, 0.6) is 0 Å². The van der Waals surface area contributed by atoms with Gasteiger partial charge in [0.1, 0.15) is 16.5 Å². The largest absolute Gasteiger partial charge is 0.304 e. The lowest BCUT2D eigenvalue weighted by Gasteiger charge is -2.51. The molecule has 0 rings (SSSR count). The molecule has 0 N–H and O–H groups in total. The molecule has 0 saturated carbocycles. The first-order chi connectivity index (χ1) is 8.02. The van der Waals surface area contributed by atoms with Crippen molar-refractivity contribution in [2.24, 2.45) is 4.74 Å². The topological polar surface area (TPSA) is 15.6 Å². The SMILES string of the molecule is CC(C)P(Br)(=NC(C)(C)C)N([Si](C)(C)C)[Si](C)(C)C. The molecule has 0 amide bonds. The monoisotopic (exact) mass is 384 g/mol. The van der Waals surface area contributed by atoms with E-state index in [1.54, 1.807) is 0 Å². The van der Waals surface area contributed by atoms with Crippen LogP contribution in [0.4, 0.5) is 0 Å². The highest BCUT2D eigenvalue weighted by atomic mass is 79.9. The molecule has 0 aliphatic rings. The zero-order valence-corrected chi connectivity index (χ0v) is 19.3. The van der Waals surface area contributed by atoms with Crippen molar-refractivity contribution < 1.29 is 0 Å². The molecule has 6 heteroatoms. The van der Waals surface area contributed by atoms with E-state index in [9.17, 15) is 0 Å². The zero-order valence-electron chi connectivity index (χ0n) is 14.8. The van der Waals surface area contributed by atoms with Crippen LogP contribution in [0.15, 0.2) is 4.74 Å². The van der Waals surface area contributed by atoms with Crippen LogP contribution in [0.3, 0.4) is 0 Å². The van der Waals surface area contributed by atoms with E-state index < -0.39 is 22.4 Å². The summed E-state index contributed by atoms with van der Waals surface area (Å²) in [5.74, 6) is -1.62. The average Bonchev–Trinajstić information content (AvgIpc) is 1.91. The normalized spacial score (nSPS) is 17.8. The zero-order chi connectivity index (χ0) is 15.9. The lowest BCUT2D eigenvalue weighted by atomic mass is 10.1. The molecule has 0 aliphatic carbocycles. The van der Waals surface area contributed by atoms with E-state index >= 15 is 0 Å². The van der Waals surface area contributed by atoms with Crippen molar-refractivity contribution >= 4 is 37.9 Å². The molecule has 0 aromatic rings. The third-order valence-corrected chi connectivity index (χ3v) is 23.0. The van der Waals surface area contributed by atoms with Crippen LogP contribution in [-0.2, 0) is 0 Å². The smallest absolute Gasteiger partial charge is 0.118 e. The van der Waals surface area contributed by atoms with Gasteiger partial charge in [-0.1, -0.05) is 53.1 Å². The number of hydrogen-bond donors (Lipinski definition) is 0. The summed E-state index contributed by atoms with van der Waals surface area (Å²) >= 11 is 4.16. The highest BCUT2D eigenvalue weighted by Gasteiger charge is 2.45. The molecule has 0 fully saturated rings. The highest BCUT2D eigenvalue weighted by Crippen LogP contribution is 2.68. The summed E-state index contributed by atoms with van der Waals surface area (Å²) in [6.45, 7) is 26.1. The van der Waals surface area contributed by atoms with Crippen molar-refractivity contribution in [1.29, 1.82) is 0 Å². The van der Waals surface area contributed by atoms with Crippen LogP contribution in [0.25, 0.3) is 0 Å². The lowest BCUT2D eigenvalue weighted by Crippen LogP contribution is -2.56. The maximum absolute atomic E-state index is 5.30. The molecule has 0 aromatic carbocycles. The van der Waals surface area contributed by atoms with Crippen molar-refractivity contribution in [1.82, 2.24) is 4.00 Å². The molecule has 0 aliphatic heterocycles. The predicted molar refractivity (Wildman–Crippen MR) is 102 cm³/mol. The van der Waals surface area contributed by atoms with Gasteiger partial charge in [-0.05, 0) is 36.3 Å². The molecule has 1 unspecified atom stereocenters. The van der Waals surface area contributed by atoms with Gasteiger partial charge in [-0.2, -0.15) is 0 Å². The van der Waals surface area contributed by atoms with Gasteiger partial charge in [0.15, 0.2) is 0 Å². The minimum Gasteiger partial charge on any atom is -0.304 e. The van der Waals surface area contributed by atoms with E-state index in [2.05, 4.69) is 93.4 Å². The van der Waals surface area contributed by atoms with E-state index in [0.29, 0.717) is 5.66 Å². The summed E-state index contributed by atoms with van der Waals surface area (Å²) in [6.07, 6.45) is 0. The first-order valence-corrected chi connectivity index (χ1v) is 17.8. The Morgan fingerprint density at radius 2 is 1.26 bits per heavy atom. The Bertz CT molecular complexity index is 348. The standard InChI is InChI=1S/C13H34BrN2PSi2/c1-12(2)17(14,15-13(3,4)5)16(18(6,7)8)19(9,10)11/h12H,1-11H3. The molecule has 1 atom stereocenters. The first kappa shape index (κ1) is 20.1. The summed E-state index contributed by atoms with van der Waals surface area (Å²) in [5.41, 5.74) is 0.573. The minimum absolute atomic E-state index is 0.0130. The molecular weight excluding hydrogens is 351 g/mol. The molecule has 0 spiro atoms. The van der Waals surface area contributed by atoms with E-state index in [0.717, 1.165) is 0 Å². The lowest BCUT2D eigenvalue weighted by molar-refractivity contribution is 0.586. The van der Waals surface area contributed by atoms with Crippen LogP contribution in [-0.4, -0.2) is 31.7 Å². The van der Waals surface area contributed by atoms with E-state index in [1.807, 2.05) is 0 Å². The van der Waals surface area contributed by atoms with Gasteiger partial charge in [-0.25, -0.2) is 0 Å². The molecule has 2 nitrogen and oxygen atoms in total. The Labute approximate surface area is 131 Å². The summed E-state index contributed by atoms with van der Waals surface area (Å²) in [6, 6.07) is 0. The second-order valence-electron chi connectivity index (χ2n) is 8.59. The third-order valence-electron chi connectivity index (χ3n) is 2.65. The van der Waals surface area contributed by atoms with Gasteiger partial charge in [-0.3, -0.25) is 4.74 Å². The molecule has 0 saturated heterocycles. The quantitative estimate of drug-likeness (QED) is 0.394. The Balaban J connectivity index is 6.21. The molecule has 0 heterocycles. The van der Waals surface area contributed by atoms with Crippen LogP contribution >= 0.6 is 21.4 Å². The highest BCUT2D eigenvalue weighted by molar-refractivity contribution is 9.40. The Morgan fingerprint density at radius 1 is 0.947 bits per heavy atom.